The van der Waals surface area contributed by atoms with Gasteiger partial charge >= 0.3 is 5.97 Å². The highest BCUT2D eigenvalue weighted by molar-refractivity contribution is 7.90. The van der Waals surface area contributed by atoms with Gasteiger partial charge in [-0.05, 0) is 88.3 Å². The zero-order valence-corrected chi connectivity index (χ0v) is 32.8. The number of hydrogen-bond acceptors (Lipinski definition) is 13. The van der Waals surface area contributed by atoms with Crippen molar-refractivity contribution in [1.82, 2.24) is 34.7 Å². The minimum absolute atomic E-state index is 0.0515. The van der Waals surface area contributed by atoms with Crippen molar-refractivity contribution in [2.75, 3.05) is 29.6 Å². The van der Waals surface area contributed by atoms with Crippen molar-refractivity contribution in [3.8, 4) is 11.1 Å². The van der Waals surface area contributed by atoms with Crippen molar-refractivity contribution in [2.24, 2.45) is 5.92 Å². The van der Waals surface area contributed by atoms with E-state index < -0.39 is 15.9 Å². The van der Waals surface area contributed by atoms with E-state index in [4.69, 9.17) is 9.72 Å². The highest BCUT2D eigenvalue weighted by Crippen LogP contribution is 2.33. The lowest BCUT2D eigenvalue weighted by atomic mass is 9.89. The van der Waals surface area contributed by atoms with Gasteiger partial charge in [-0.3, -0.25) is 14.3 Å². The minimum Gasteiger partial charge on any atom is -0.466 e. The third-order valence-corrected chi connectivity index (χ3v) is 11.9. The van der Waals surface area contributed by atoms with Gasteiger partial charge in [-0.15, -0.1) is 10.2 Å². The molecule has 4 heterocycles. The second-order valence-corrected chi connectivity index (χ2v) is 16.5. The van der Waals surface area contributed by atoms with Crippen LogP contribution in [0.15, 0.2) is 48.7 Å². The third-order valence-electron chi connectivity index (χ3n) is 9.67. The van der Waals surface area contributed by atoms with Crippen LogP contribution in [0.1, 0.15) is 86.5 Å². The number of ether oxygens (including phenoxy) is 1. The second kappa shape index (κ2) is 17.5. The van der Waals surface area contributed by atoms with Gasteiger partial charge in [0.1, 0.15) is 11.5 Å². The average Bonchev–Trinajstić information content (AvgIpc) is 3.74. The molecule has 0 saturated heterocycles. The Bertz CT molecular complexity index is 2180. The van der Waals surface area contributed by atoms with Crippen molar-refractivity contribution in [2.45, 2.75) is 85.1 Å². The maximum Gasteiger partial charge on any atom is 0.305 e. The molecule has 0 radical (unpaired) electrons. The predicted octanol–water partition coefficient (Wildman–Crippen LogP) is 7.24. The Morgan fingerprint density at radius 3 is 2.54 bits per heavy atom. The molecular weight excluding hydrogens is 727 g/mol. The second-order valence-electron chi connectivity index (χ2n) is 13.7. The van der Waals surface area contributed by atoms with E-state index in [9.17, 15) is 18.0 Å². The number of thiazole rings is 1. The van der Waals surface area contributed by atoms with Crippen LogP contribution < -0.4 is 14.9 Å². The Kier molecular flexibility index (Phi) is 12.5. The van der Waals surface area contributed by atoms with E-state index >= 15 is 0 Å². The largest absolute Gasteiger partial charge is 0.466 e. The summed E-state index contributed by atoms with van der Waals surface area (Å²) < 4.78 is 36.5. The number of carbonyl (C=O) groups excluding carboxylic acids is 2. The molecule has 286 valence electrons. The smallest absolute Gasteiger partial charge is 0.305 e. The fraction of sp³-hybridized carbons (Fsp3) is 0.447. The summed E-state index contributed by atoms with van der Waals surface area (Å²) in [5, 5.41) is 17.5. The monoisotopic (exact) mass is 773 g/mol. The number of nitrogens with zero attached hydrogens (tertiary/aromatic N) is 7. The lowest BCUT2D eigenvalue weighted by Crippen LogP contribution is -2.33. The van der Waals surface area contributed by atoms with Crippen molar-refractivity contribution in [3.63, 3.8) is 0 Å². The van der Waals surface area contributed by atoms with Gasteiger partial charge < -0.3 is 15.0 Å². The van der Waals surface area contributed by atoms with Crippen LogP contribution >= 0.6 is 11.3 Å². The molecule has 1 aromatic carbocycles. The summed E-state index contributed by atoms with van der Waals surface area (Å²) in [6, 6.07) is 13.3. The van der Waals surface area contributed by atoms with Crippen LogP contribution in [0.3, 0.4) is 0 Å². The van der Waals surface area contributed by atoms with E-state index in [-0.39, 0.29) is 30.3 Å². The fourth-order valence-corrected chi connectivity index (χ4v) is 8.58. The molecule has 0 bridgehead atoms. The summed E-state index contributed by atoms with van der Waals surface area (Å²) in [5.41, 5.74) is 3.71. The van der Waals surface area contributed by atoms with Crippen molar-refractivity contribution in [3.05, 3.63) is 65.6 Å². The van der Waals surface area contributed by atoms with E-state index in [1.807, 2.05) is 48.9 Å². The first-order valence-corrected chi connectivity index (χ1v) is 20.9. The number of anilines is 4. The lowest BCUT2D eigenvalue weighted by Gasteiger charge is -2.22. The van der Waals surface area contributed by atoms with Crippen molar-refractivity contribution in [1.29, 1.82) is 0 Å². The number of unbranched alkanes of at least 4 members (excludes halogenated alkanes) is 2. The highest BCUT2D eigenvalue weighted by Gasteiger charge is 2.25. The Labute approximate surface area is 319 Å². The summed E-state index contributed by atoms with van der Waals surface area (Å²) in [6.07, 6.45) is 9.21. The van der Waals surface area contributed by atoms with E-state index in [0.717, 1.165) is 40.9 Å². The van der Waals surface area contributed by atoms with Gasteiger partial charge in [-0.2, -0.15) is 5.10 Å². The Morgan fingerprint density at radius 1 is 0.981 bits per heavy atom. The molecule has 0 aliphatic heterocycles. The molecule has 0 atom stereocenters. The maximum atomic E-state index is 13.9. The predicted molar refractivity (Wildman–Crippen MR) is 211 cm³/mol. The number of sulfonamides is 1. The molecule has 5 aromatic rings. The highest BCUT2D eigenvalue weighted by atomic mass is 32.2. The van der Waals surface area contributed by atoms with Crippen molar-refractivity contribution >= 4 is 66.0 Å². The first-order valence-electron chi connectivity index (χ1n) is 18.5. The Morgan fingerprint density at radius 2 is 1.78 bits per heavy atom. The molecule has 54 heavy (non-hydrogen) atoms. The maximum absolute atomic E-state index is 13.9. The molecule has 1 aliphatic carbocycles. The molecule has 6 rings (SSSR count). The summed E-state index contributed by atoms with van der Waals surface area (Å²) in [5.74, 6) is 0.505. The quantitative estimate of drug-likeness (QED) is 0.0761. The first-order chi connectivity index (χ1) is 26.0. The fourth-order valence-electron chi connectivity index (χ4n) is 6.65. The molecule has 4 aromatic heterocycles. The summed E-state index contributed by atoms with van der Waals surface area (Å²) >= 11 is 1.52. The average molecular weight is 774 g/mol. The standard InChI is InChI=1S/C38H47N9O5S2/c1-5-52-34(48)18-10-7-13-21-54(50,51)45-37(49)35-28(29-23-39-47(26(29)3)24-27-14-8-6-9-15-27)19-20-32(41-35)46(4)33-22-25(2)36(44-43-33)42-38-40-30-16-11-12-17-31(30)53-38/h11-12,16-17,19-20,22-23,27H,5-10,13-15,18,21,24H2,1-4H3,(H,45,49)(H,40,42,44). The van der Waals surface area contributed by atoms with Gasteiger partial charge in [-0.1, -0.05) is 49.2 Å². The molecular formula is C38H47N9O5S2. The molecule has 16 heteroatoms. The van der Waals surface area contributed by atoms with Gasteiger partial charge in [0, 0.05) is 36.8 Å². The van der Waals surface area contributed by atoms with E-state index in [2.05, 4.69) is 30.3 Å². The third kappa shape index (κ3) is 9.58. The minimum atomic E-state index is -4.02. The number of carbonyl (C=O) groups is 2. The van der Waals surface area contributed by atoms with E-state index in [1.54, 1.807) is 37.2 Å². The first kappa shape index (κ1) is 38.8. The van der Waals surface area contributed by atoms with Gasteiger partial charge in [0.25, 0.3) is 5.91 Å². The number of benzene rings is 1. The van der Waals surface area contributed by atoms with Gasteiger partial charge in [0.05, 0.1) is 28.8 Å². The number of para-hydroxylation sites is 1. The van der Waals surface area contributed by atoms with Crippen LogP contribution in [-0.4, -0.2) is 69.6 Å². The molecule has 0 spiro atoms. The molecule has 1 saturated carbocycles. The number of rotatable bonds is 16. The zero-order chi connectivity index (χ0) is 38.2. The van der Waals surface area contributed by atoms with Crippen LogP contribution in [0.4, 0.5) is 22.6 Å². The normalized spacial score (nSPS) is 13.6. The van der Waals surface area contributed by atoms with Gasteiger partial charge in [0.15, 0.2) is 16.8 Å². The van der Waals surface area contributed by atoms with E-state index in [0.29, 0.717) is 59.1 Å². The Hall–Kier alpha value is -4.96. The summed E-state index contributed by atoms with van der Waals surface area (Å²) in [6.45, 7) is 6.70. The molecule has 0 unspecified atom stereocenters. The molecule has 14 nitrogen and oxygen atoms in total. The van der Waals surface area contributed by atoms with Crippen LogP contribution in [-0.2, 0) is 26.1 Å². The zero-order valence-electron chi connectivity index (χ0n) is 31.2. The number of aromatic nitrogens is 6. The molecule has 1 fully saturated rings. The number of nitrogens with one attached hydrogen (secondary N) is 2. The van der Waals surface area contributed by atoms with Crippen molar-refractivity contribution < 1.29 is 22.7 Å². The van der Waals surface area contributed by atoms with Gasteiger partial charge in [0.2, 0.25) is 10.0 Å². The lowest BCUT2D eigenvalue weighted by molar-refractivity contribution is -0.143. The topological polar surface area (TPSA) is 174 Å². The number of esters is 1. The molecule has 1 aliphatic rings. The SMILES string of the molecule is CCOC(=O)CCCCCS(=O)(=O)NC(=O)c1nc(N(C)c2cc(C)c(Nc3nc4ccccc4s3)nn2)ccc1-c1cnn(CC2CCCCC2)c1C. The number of fused-ring (bicyclic) bond motifs is 1. The number of amides is 1. The van der Waals surface area contributed by atoms with E-state index in [1.165, 1.54) is 30.6 Å². The Balaban J connectivity index is 1.23. The summed E-state index contributed by atoms with van der Waals surface area (Å²) in [4.78, 5) is 36.6. The van der Waals surface area contributed by atoms with Crippen LogP contribution in [0.5, 0.6) is 0 Å². The number of hydrogen-bond donors (Lipinski definition) is 2. The van der Waals surface area contributed by atoms with Crippen LogP contribution in [0.2, 0.25) is 0 Å². The summed E-state index contributed by atoms with van der Waals surface area (Å²) in [7, 11) is -2.26. The molecule has 2 N–H and O–H groups in total. The van der Waals surface area contributed by atoms with Crippen LogP contribution in [0, 0.1) is 19.8 Å². The van der Waals surface area contributed by atoms with Gasteiger partial charge in [-0.25, -0.2) is 23.1 Å². The van der Waals surface area contributed by atoms with Crippen LogP contribution in [0.25, 0.3) is 21.3 Å². The number of pyridine rings is 1. The number of aryl methyl sites for hydroxylation is 1. The molecule has 1 amide bonds.